The van der Waals surface area contributed by atoms with Crippen molar-refractivity contribution in [1.82, 2.24) is 20.0 Å². The van der Waals surface area contributed by atoms with Gasteiger partial charge in [-0.05, 0) is 51.0 Å². The van der Waals surface area contributed by atoms with Gasteiger partial charge in [-0.1, -0.05) is 55.0 Å². The van der Waals surface area contributed by atoms with Crippen molar-refractivity contribution in [3.05, 3.63) is 77.4 Å². The van der Waals surface area contributed by atoms with Crippen molar-refractivity contribution in [1.29, 1.82) is 0 Å². The predicted molar refractivity (Wildman–Crippen MR) is 143 cm³/mol. The monoisotopic (exact) mass is 485 g/mol. The van der Waals surface area contributed by atoms with E-state index in [9.17, 15) is 9.59 Å². The van der Waals surface area contributed by atoms with Crippen molar-refractivity contribution in [2.24, 2.45) is 0 Å². The lowest BCUT2D eigenvalue weighted by Crippen LogP contribution is -2.53. The molecule has 0 bridgehead atoms. The van der Waals surface area contributed by atoms with E-state index in [0.29, 0.717) is 31.7 Å². The van der Waals surface area contributed by atoms with Gasteiger partial charge in [-0.2, -0.15) is 0 Å². The van der Waals surface area contributed by atoms with Gasteiger partial charge in [0, 0.05) is 43.3 Å². The molecule has 7 nitrogen and oxygen atoms in total. The molecule has 1 unspecified atom stereocenters. The number of amides is 2. The molecule has 2 amide bonds. The summed E-state index contributed by atoms with van der Waals surface area (Å²) < 4.78 is 0. The number of nitrogens with zero attached hydrogens (tertiary/aromatic N) is 5. The van der Waals surface area contributed by atoms with E-state index < -0.39 is 0 Å². The van der Waals surface area contributed by atoms with Crippen LogP contribution in [0.3, 0.4) is 0 Å². The lowest BCUT2D eigenvalue weighted by molar-refractivity contribution is -0.132. The van der Waals surface area contributed by atoms with Crippen LogP contribution in [0, 0.1) is 13.8 Å². The average Bonchev–Trinajstić information content (AvgIpc) is 2.92. The Bertz CT molecular complexity index is 1190. The molecule has 7 heteroatoms. The fourth-order valence-electron chi connectivity index (χ4n) is 4.42. The fraction of sp³-hybridized carbons (Fsp3) is 0.379. The Hall–Kier alpha value is -3.74. The number of rotatable bonds is 7. The van der Waals surface area contributed by atoms with Crippen LogP contribution < -0.4 is 4.90 Å². The van der Waals surface area contributed by atoms with Crippen LogP contribution in [-0.2, 0) is 4.79 Å². The van der Waals surface area contributed by atoms with E-state index in [1.165, 1.54) is 5.56 Å². The number of aryl methyl sites for hydroxylation is 2. The lowest BCUT2D eigenvalue weighted by atomic mass is 10.1. The van der Waals surface area contributed by atoms with Gasteiger partial charge in [0.15, 0.2) is 5.82 Å². The maximum Gasteiger partial charge on any atom is 0.254 e. The van der Waals surface area contributed by atoms with Crippen LogP contribution >= 0.6 is 0 Å². The standard InChI is InChI=1S/C29H35N5O2/c1-5-23(4)34(29(36)25-9-7-6-8-22(25)3)20-28(35)33-18-16-32(17-19-33)27-15-14-26(30-31-27)24-12-10-21(2)11-13-24/h6-15,23H,5,16-20H2,1-4H3. The molecular formula is C29H35N5O2. The third kappa shape index (κ3) is 5.73. The molecule has 0 saturated carbocycles. The van der Waals surface area contributed by atoms with Gasteiger partial charge in [0.1, 0.15) is 6.54 Å². The van der Waals surface area contributed by atoms with Gasteiger partial charge in [-0.15, -0.1) is 10.2 Å². The van der Waals surface area contributed by atoms with E-state index >= 15 is 0 Å². The number of benzene rings is 2. The summed E-state index contributed by atoms with van der Waals surface area (Å²) in [7, 11) is 0. The number of carbonyl (C=O) groups is 2. The minimum atomic E-state index is -0.0848. The summed E-state index contributed by atoms with van der Waals surface area (Å²) in [6, 6.07) is 19.8. The Balaban J connectivity index is 1.37. The zero-order chi connectivity index (χ0) is 25.7. The maximum absolute atomic E-state index is 13.3. The summed E-state index contributed by atoms with van der Waals surface area (Å²) in [5.41, 5.74) is 4.68. The highest BCUT2D eigenvalue weighted by Crippen LogP contribution is 2.20. The van der Waals surface area contributed by atoms with Crippen LogP contribution in [0.5, 0.6) is 0 Å². The van der Waals surface area contributed by atoms with E-state index in [1.807, 2.05) is 62.1 Å². The van der Waals surface area contributed by atoms with Crippen LogP contribution in [0.15, 0.2) is 60.7 Å². The van der Waals surface area contributed by atoms with Crippen molar-refractivity contribution in [3.63, 3.8) is 0 Å². The zero-order valence-corrected chi connectivity index (χ0v) is 21.6. The molecule has 1 saturated heterocycles. The zero-order valence-electron chi connectivity index (χ0n) is 21.6. The quantitative estimate of drug-likeness (QED) is 0.498. The Labute approximate surface area is 213 Å². The topological polar surface area (TPSA) is 69.6 Å². The molecule has 188 valence electrons. The first kappa shape index (κ1) is 25.4. The van der Waals surface area contributed by atoms with E-state index in [0.717, 1.165) is 29.1 Å². The van der Waals surface area contributed by atoms with Crippen LogP contribution in [0.25, 0.3) is 11.3 Å². The molecule has 0 aliphatic carbocycles. The van der Waals surface area contributed by atoms with Crippen LogP contribution in [0.1, 0.15) is 41.8 Å². The number of anilines is 1. The molecule has 1 aliphatic heterocycles. The van der Waals surface area contributed by atoms with Gasteiger partial charge in [-0.3, -0.25) is 9.59 Å². The van der Waals surface area contributed by atoms with Gasteiger partial charge in [0.2, 0.25) is 5.91 Å². The first-order valence-corrected chi connectivity index (χ1v) is 12.7. The molecule has 2 heterocycles. The van der Waals surface area contributed by atoms with Crippen LogP contribution in [0.2, 0.25) is 0 Å². The molecule has 1 fully saturated rings. The highest BCUT2D eigenvalue weighted by Gasteiger charge is 2.28. The maximum atomic E-state index is 13.3. The normalized spacial score (nSPS) is 14.4. The molecule has 1 atom stereocenters. The number of carbonyl (C=O) groups excluding carboxylic acids is 2. The molecule has 1 aliphatic rings. The Morgan fingerprint density at radius 1 is 0.917 bits per heavy atom. The Morgan fingerprint density at radius 3 is 2.22 bits per heavy atom. The second-order valence-corrected chi connectivity index (χ2v) is 9.52. The van der Waals surface area contributed by atoms with E-state index in [4.69, 9.17) is 0 Å². The molecule has 0 radical (unpaired) electrons. The number of aromatic nitrogens is 2. The molecule has 4 rings (SSSR count). The van der Waals surface area contributed by atoms with E-state index in [1.54, 1.807) is 4.90 Å². The van der Waals surface area contributed by atoms with Crippen molar-refractivity contribution in [2.45, 2.75) is 40.2 Å². The van der Waals surface area contributed by atoms with Crippen molar-refractivity contribution in [2.75, 3.05) is 37.6 Å². The summed E-state index contributed by atoms with van der Waals surface area (Å²) in [6.45, 7) is 10.7. The third-order valence-corrected chi connectivity index (χ3v) is 7.02. The molecular weight excluding hydrogens is 450 g/mol. The van der Waals surface area contributed by atoms with E-state index in [2.05, 4.69) is 46.3 Å². The molecule has 0 N–H and O–H groups in total. The molecule has 1 aromatic heterocycles. The van der Waals surface area contributed by atoms with Crippen LogP contribution in [-0.4, -0.2) is 70.6 Å². The minimum absolute atomic E-state index is 0.0160. The Kier molecular flexibility index (Phi) is 7.98. The van der Waals surface area contributed by atoms with Crippen molar-refractivity contribution >= 4 is 17.6 Å². The molecule has 3 aromatic rings. The second kappa shape index (κ2) is 11.3. The first-order chi connectivity index (χ1) is 17.4. The largest absolute Gasteiger partial charge is 0.352 e. The fourth-order valence-corrected chi connectivity index (χ4v) is 4.42. The predicted octanol–water partition coefficient (Wildman–Crippen LogP) is 4.35. The molecule has 0 spiro atoms. The van der Waals surface area contributed by atoms with Gasteiger partial charge >= 0.3 is 0 Å². The summed E-state index contributed by atoms with van der Waals surface area (Å²) in [6.07, 6.45) is 0.788. The third-order valence-electron chi connectivity index (χ3n) is 7.02. The second-order valence-electron chi connectivity index (χ2n) is 9.52. The highest BCUT2D eigenvalue weighted by molar-refractivity contribution is 5.98. The SMILES string of the molecule is CCC(C)N(CC(=O)N1CCN(c2ccc(-c3ccc(C)cc3)nn2)CC1)C(=O)c1ccccc1C. The lowest BCUT2D eigenvalue weighted by Gasteiger charge is -2.37. The Morgan fingerprint density at radius 2 is 1.61 bits per heavy atom. The molecule has 36 heavy (non-hydrogen) atoms. The highest BCUT2D eigenvalue weighted by atomic mass is 16.2. The smallest absolute Gasteiger partial charge is 0.254 e. The van der Waals surface area contributed by atoms with Gasteiger partial charge in [0.25, 0.3) is 5.91 Å². The molecule has 2 aromatic carbocycles. The van der Waals surface area contributed by atoms with Crippen molar-refractivity contribution < 1.29 is 9.59 Å². The summed E-state index contributed by atoms with van der Waals surface area (Å²) in [5, 5.41) is 8.85. The van der Waals surface area contributed by atoms with E-state index in [-0.39, 0.29) is 24.4 Å². The van der Waals surface area contributed by atoms with Crippen LogP contribution in [0.4, 0.5) is 5.82 Å². The van der Waals surface area contributed by atoms with Gasteiger partial charge < -0.3 is 14.7 Å². The number of piperazine rings is 1. The van der Waals surface area contributed by atoms with Crippen molar-refractivity contribution in [3.8, 4) is 11.3 Å². The van der Waals surface area contributed by atoms with Gasteiger partial charge in [0.05, 0.1) is 5.69 Å². The summed E-state index contributed by atoms with van der Waals surface area (Å²) in [5.74, 6) is 0.713. The summed E-state index contributed by atoms with van der Waals surface area (Å²) >= 11 is 0. The number of hydrogen-bond acceptors (Lipinski definition) is 5. The van der Waals surface area contributed by atoms with Gasteiger partial charge in [-0.25, -0.2) is 0 Å². The first-order valence-electron chi connectivity index (χ1n) is 12.7. The minimum Gasteiger partial charge on any atom is -0.352 e. The summed E-state index contributed by atoms with van der Waals surface area (Å²) in [4.78, 5) is 32.2. The number of hydrogen-bond donors (Lipinski definition) is 0. The average molecular weight is 486 g/mol.